The van der Waals surface area contributed by atoms with Gasteiger partial charge >= 0.3 is 0 Å². The molecule has 2 heterocycles. The Bertz CT molecular complexity index is 815. The monoisotopic (exact) mass is 334 g/mol. The standard InChI is InChI=1S/C16H19FN4O3/c17-11-8-14-13(15(9-11)21(23)24)10-12(19-16(14)22)2-1-5-20-6-3-18-4-7-20/h8-10,18H,1-7H2,(H,19,22). The number of fused-ring (bicyclic) bond motifs is 1. The lowest BCUT2D eigenvalue weighted by Gasteiger charge is -2.27. The SMILES string of the molecule is O=c1[nH]c(CCCN2CCNCC2)cc2c([N+](=O)[O-])cc(F)cc12. The van der Waals surface area contributed by atoms with Crippen molar-refractivity contribution in [3.63, 3.8) is 0 Å². The lowest BCUT2D eigenvalue weighted by molar-refractivity contribution is -0.383. The molecule has 0 amide bonds. The summed E-state index contributed by atoms with van der Waals surface area (Å²) >= 11 is 0. The van der Waals surface area contributed by atoms with E-state index in [9.17, 15) is 19.3 Å². The van der Waals surface area contributed by atoms with Crippen LogP contribution in [0.15, 0.2) is 23.0 Å². The summed E-state index contributed by atoms with van der Waals surface area (Å²) in [5.41, 5.74) is -0.232. The highest BCUT2D eigenvalue weighted by atomic mass is 19.1. The van der Waals surface area contributed by atoms with Gasteiger partial charge in [0.05, 0.1) is 21.8 Å². The van der Waals surface area contributed by atoms with Gasteiger partial charge in [0.25, 0.3) is 11.2 Å². The number of piperazine rings is 1. The smallest absolute Gasteiger partial charge is 0.280 e. The lowest BCUT2D eigenvalue weighted by Crippen LogP contribution is -2.43. The Kier molecular flexibility index (Phi) is 4.86. The third-order valence-electron chi connectivity index (χ3n) is 4.29. The molecule has 0 unspecified atom stereocenters. The lowest BCUT2D eigenvalue weighted by atomic mass is 10.1. The van der Waals surface area contributed by atoms with Crippen molar-refractivity contribution in [1.29, 1.82) is 0 Å². The third-order valence-corrected chi connectivity index (χ3v) is 4.29. The van der Waals surface area contributed by atoms with Crippen molar-refractivity contribution < 1.29 is 9.31 Å². The first kappa shape index (κ1) is 16.5. The van der Waals surface area contributed by atoms with Gasteiger partial charge in [-0.2, -0.15) is 0 Å². The first-order chi connectivity index (χ1) is 11.5. The highest BCUT2D eigenvalue weighted by molar-refractivity contribution is 5.90. The van der Waals surface area contributed by atoms with Gasteiger partial charge in [-0.15, -0.1) is 0 Å². The van der Waals surface area contributed by atoms with Gasteiger partial charge in [0, 0.05) is 31.9 Å². The molecular weight excluding hydrogens is 315 g/mol. The van der Waals surface area contributed by atoms with E-state index >= 15 is 0 Å². The summed E-state index contributed by atoms with van der Waals surface area (Å²) in [7, 11) is 0. The Morgan fingerprint density at radius 2 is 1.96 bits per heavy atom. The second-order valence-electron chi connectivity index (χ2n) is 5.96. The molecule has 7 nitrogen and oxygen atoms in total. The average molecular weight is 334 g/mol. The Balaban J connectivity index is 1.81. The van der Waals surface area contributed by atoms with Gasteiger partial charge < -0.3 is 15.2 Å². The Morgan fingerprint density at radius 1 is 1.21 bits per heavy atom. The van der Waals surface area contributed by atoms with Crippen LogP contribution in [0.1, 0.15) is 12.1 Å². The van der Waals surface area contributed by atoms with Crippen molar-refractivity contribution in [1.82, 2.24) is 15.2 Å². The maximum atomic E-state index is 13.5. The number of aryl methyl sites for hydroxylation is 1. The highest BCUT2D eigenvalue weighted by Crippen LogP contribution is 2.25. The average Bonchev–Trinajstić information content (AvgIpc) is 2.56. The molecule has 2 aromatic rings. The van der Waals surface area contributed by atoms with Gasteiger partial charge in [-0.3, -0.25) is 14.9 Å². The zero-order valence-corrected chi connectivity index (χ0v) is 13.2. The number of H-pyrrole nitrogens is 1. The van der Waals surface area contributed by atoms with E-state index in [2.05, 4.69) is 15.2 Å². The maximum absolute atomic E-state index is 13.5. The fraction of sp³-hybridized carbons (Fsp3) is 0.438. The quantitative estimate of drug-likeness (QED) is 0.637. The number of rotatable bonds is 5. The molecule has 1 fully saturated rings. The number of halogens is 1. The van der Waals surface area contributed by atoms with E-state index in [1.54, 1.807) is 6.07 Å². The van der Waals surface area contributed by atoms with Crippen LogP contribution in [-0.4, -0.2) is 47.5 Å². The van der Waals surface area contributed by atoms with E-state index < -0.39 is 16.3 Å². The fourth-order valence-electron chi connectivity index (χ4n) is 3.08. The van der Waals surface area contributed by atoms with Crippen molar-refractivity contribution in [2.24, 2.45) is 0 Å². The summed E-state index contributed by atoms with van der Waals surface area (Å²) < 4.78 is 13.5. The van der Waals surface area contributed by atoms with E-state index in [4.69, 9.17) is 0 Å². The normalized spacial score (nSPS) is 15.7. The summed E-state index contributed by atoms with van der Waals surface area (Å²) in [6.07, 6.45) is 1.46. The van der Waals surface area contributed by atoms with Gasteiger partial charge in [0.2, 0.25) is 0 Å². The van der Waals surface area contributed by atoms with E-state index in [1.807, 2.05) is 0 Å². The van der Waals surface area contributed by atoms with Crippen molar-refractivity contribution in [2.75, 3.05) is 32.7 Å². The number of aromatic nitrogens is 1. The molecule has 0 bridgehead atoms. The summed E-state index contributed by atoms with van der Waals surface area (Å²) in [5.74, 6) is -0.786. The highest BCUT2D eigenvalue weighted by Gasteiger charge is 2.17. The van der Waals surface area contributed by atoms with E-state index in [-0.39, 0.29) is 16.5 Å². The minimum atomic E-state index is -0.786. The number of hydrogen-bond acceptors (Lipinski definition) is 5. The van der Waals surface area contributed by atoms with Gasteiger partial charge in [-0.1, -0.05) is 0 Å². The fourth-order valence-corrected chi connectivity index (χ4v) is 3.08. The van der Waals surface area contributed by atoms with Gasteiger partial charge in [0.15, 0.2) is 0 Å². The second-order valence-corrected chi connectivity index (χ2v) is 5.96. The molecule has 128 valence electrons. The minimum Gasteiger partial charge on any atom is -0.326 e. The van der Waals surface area contributed by atoms with Gasteiger partial charge in [-0.05, 0) is 31.5 Å². The largest absolute Gasteiger partial charge is 0.326 e. The minimum absolute atomic E-state index is 0.00700. The van der Waals surface area contributed by atoms with Crippen molar-refractivity contribution in [3.8, 4) is 0 Å². The van der Waals surface area contributed by atoms with Gasteiger partial charge in [0.1, 0.15) is 5.82 Å². The van der Waals surface area contributed by atoms with Crippen LogP contribution in [0.4, 0.5) is 10.1 Å². The predicted octanol–water partition coefficient (Wildman–Crippen LogP) is 1.41. The van der Waals surface area contributed by atoms with E-state index in [0.717, 1.165) is 51.3 Å². The topological polar surface area (TPSA) is 91.3 Å². The third kappa shape index (κ3) is 3.60. The molecule has 2 N–H and O–H groups in total. The van der Waals surface area contributed by atoms with Crippen molar-refractivity contribution in [2.45, 2.75) is 12.8 Å². The zero-order chi connectivity index (χ0) is 17.1. The maximum Gasteiger partial charge on any atom is 0.280 e. The number of nitro groups is 1. The molecule has 3 rings (SSSR count). The van der Waals surface area contributed by atoms with Crippen LogP contribution in [0.25, 0.3) is 10.8 Å². The molecule has 0 atom stereocenters. The van der Waals surface area contributed by atoms with E-state index in [0.29, 0.717) is 12.1 Å². The Hall–Kier alpha value is -2.32. The molecule has 0 spiro atoms. The number of benzene rings is 1. The molecule has 0 saturated carbocycles. The van der Waals surface area contributed by atoms with Crippen molar-refractivity contribution >= 4 is 16.5 Å². The second kappa shape index (κ2) is 7.06. The van der Waals surface area contributed by atoms with Crippen LogP contribution in [-0.2, 0) is 6.42 Å². The summed E-state index contributed by atoms with van der Waals surface area (Å²) in [4.78, 5) is 27.6. The predicted molar refractivity (Wildman–Crippen MR) is 88.8 cm³/mol. The van der Waals surface area contributed by atoms with E-state index in [1.165, 1.54) is 0 Å². The van der Waals surface area contributed by atoms with Crippen LogP contribution in [0.3, 0.4) is 0 Å². The van der Waals surface area contributed by atoms with Crippen LogP contribution in [0.2, 0.25) is 0 Å². The van der Waals surface area contributed by atoms with Gasteiger partial charge in [-0.25, -0.2) is 4.39 Å². The van der Waals surface area contributed by atoms with Crippen LogP contribution < -0.4 is 10.9 Å². The molecule has 1 saturated heterocycles. The molecular formula is C16H19FN4O3. The summed E-state index contributed by atoms with van der Waals surface area (Å²) in [6.45, 7) is 4.86. The van der Waals surface area contributed by atoms with Crippen LogP contribution in [0.5, 0.6) is 0 Å². The molecule has 1 aromatic heterocycles. The Morgan fingerprint density at radius 3 is 2.67 bits per heavy atom. The number of nitrogens with zero attached hydrogens (tertiary/aromatic N) is 2. The molecule has 1 aliphatic rings. The molecule has 0 radical (unpaired) electrons. The van der Waals surface area contributed by atoms with Crippen LogP contribution in [0, 0.1) is 15.9 Å². The van der Waals surface area contributed by atoms with Crippen LogP contribution >= 0.6 is 0 Å². The first-order valence-electron chi connectivity index (χ1n) is 7.97. The molecule has 1 aromatic carbocycles. The van der Waals surface area contributed by atoms with Crippen molar-refractivity contribution in [3.05, 3.63) is 50.2 Å². The summed E-state index contributed by atoms with van der Waals surface area (Å²) in [5, 5.41) is 14.6. The number of non-ortho nitro benzene ring substituents is 1. The zero-order valence-electron chi connectivity index (χ0n) is 13.2. The molecule has 24 heavy (non-hydrogen) atoms. The molecule has 0 aliphatic carbocycles. The number of aromatic amines is 1. The number of nitro benzene ring substituents is 1. The number of nitrogens with one attached hydrogen (secondary N) is 2. The number of hydrogen-bond donors (Lipinski definition) is 2. The first-order valence-corrected chi connectivity index (χ1v) is 7.97. The summed E-state index contributed by atoms with van der Waals surface area (Å²) in [6, 6.07) is 3.48. The number of pyridine rings is 1. The Labute approximate surface area is 137 Å². The molecule has 8 heteroatoms. The molecule has 1 aliphatic heterocycles.